The van der Waals surface area contributed by atoms with E-state index in [4.69, 9.17) is 0 Å². The molecular weight excluding hydrogens is 114 g/mol. The standard InChI is InChI=1S/C7H11NO/c1-8(2)4-6-3-7(6)5-9/h6H,3-4H2,1-2H3. The first kappa shape index (κ1) is 6.53. The molecule has 0 amide bonds. The SMILES string of the molecule is CN(C)CC1CC1=C=O. The van der Waals surface area contributed by atoms with Gasteiger partial charge < -0.3 is 4.90 Å². The van der Waals surface area contributed by atoms with Gasteiger partial charge in [0.15, 0.2) is 0 Å². The predicted octanol–water partition coefficient (Wildman–Crippen LogP) is 0.326. The van der Waals surface area contributed by atoms with Gasteiger partial charge in [-0.15, -0.1) is 0 Å². The Labute approximate surface area is 55.2 Å². The summed E-state index contributed by atoms with van der Waals surface area (Å²) in [5, 5.41) is 0. The summed E-state index contributed by atoms with van der Waals surface area (Å²) in [4.78, 5) is 12.1. The maximum atomic E-state index is 9.98. The monoisotopic (exact) mass is 125 g/mol. The predicted molar refractivity (Wildman–Crippen MR) is 35.9 cm³/mol. The maximum Gasteiger partial charge on any atom is 0.123 e. The van der Waals surface area contributed by atoms with Crippen LogP contribution in [0.4, 0.5) is 0 Å². The minimum atomic E-state index is 0.525. The van der Waals surface area contributed by atoms with Gasteiger partial charge in [-0.05, 0) is 20.5 Å². The molecule has 0 heterocycles. The Bertz CT molecular complexity index is 156. The van der Waals surface area contributed by atoms with Gasteiger partial charge in [0.25, 0.3) is 0 Å². The summed E-state index contributed by atoms with van der Waals surface area (Å²) >= 11 is 0. The highest BCUT2D eigenvalue weighted by molar-refractivity contribution is 5.59. The van der Waals surface area contributed by atoms with Gasteiger partial charge in [-0.3, -0.25) is 0 Å². The Kier molecular flexibility index (Phi) is 1.70. The lowest BCUT2D eigenvalue weighted by molar-refractivity contribution is 0.394. The van der Waals surface area contributed by atoms with Crippen molar-refractivity contribution >= 4 is 5.94 Å². The van der Waals surface area contributed by atoms with Crippen LogP contribution < -0.4 is 0 Å². The smallest absolute Gasteiger partial charge is 0.123 e. The van der Waals surface area contributed by atoms with Crippen molar-refractivity contribution in [1.29, 1.82) is 0 Å². The minimum Gasteiger partial charge on any atom is -0.309 e. The molecule has 0 aliphatic heterocycles. The number of rotatable bonds is 2. The van der Waals surface area contributed by atoms with Gasteiger partial charge in [0, 0.05) is 18.0 Å². The summed E-state index contributed by atoms with van der Waals surface area (Å²) < 4.78 is 0. The molecule has 9 heavy (non-hydrogen) atoms. The zero-order valence-electron chi connectivity index (χ0n) is 5.85. The first-order valence-electron chi connectivity index (χ1n) is 3.12. The van der Waals surface area contributed by atoms with Crippen molar-refractivity contribution in [1.82, 2.24) is 4.90 Å². The molecule has 0 radical (unpaired) electrons. The topological polar surface area (TPSA) is 20.3 Å². The molecule has 1 aliphatic carbocycles. The summed E-state index contributed by atoms with van der Waals surface area (Å²) in [6.07, 6.45) is 0.974. The molecule has 0 saturated heterocycles. The van der Waals surface area contributed by atoms with E-state index in [2.05, 4.69) is 4.90 Å². The number of carbonyl (C=O) groups excluding carboxylic acids is 1. The summed E-state index contributed by atoms with van der Waals surface area (Å²) in [7, 11) is 4.03. The second-order valence-corrected chi connectivity index (χ2v) is 2.79. The molecule has 0 aromatic rings. The molecule has 1 saturated carbocycles. The average Bonchev–Trinajstić information content (AvgIpc) is 2.45. The fourth-order valence-electron chi connectivity index (χ4n) is 0.947. The summed E-state index contributed by atoms with van der Waals surface area (Å²) in [5.41, 5.74) is 0.962. The number of nitrogens with zero attached hydrogens (tertiary/aromatic N) is 1. The molecule has 50 valence electrons. The normalized spacial score (nSPS) is 24.3. The molecule has 0 aromatic heterocycles. The van der Waals surface area contributed by atoms with E-state index < -0.39 is 0 Å². The molecule has 1 fully saturated rings. The second-order valence-electron chi connectivity index (χ2n) is 2.79. The summed E-state index contributed by atoms with van der Waals surface area (Å²) in [6, 6.07) is 0. The fraction of sp³-hybridized carbons (Fsp3) is 0.714. The van der Waals surface area contributed by atoms with Crippen molar-refractivity contribution < 1.29 is 4.79 Å². The Morgan fingerprint density at radius 3 is 2.78 bits per heavy atom. The van der Waals surface area contributed by atoms with Gasteiger partial charge >= 0.3 is 0 Å². The van der Waals surface area contributed by atoms with E-state index in [-0.39, 0.29) is 0 Å². The van der Waals surface area contributed by atoms with Gasteiger partial charge in [-0.25, -0.2) is 4.79 Å². The van der Waals surface area contributed by atoms with E-state index >= 15 is 0 Å². The lowest BCUT2D eigenvalue weighted by Crippen LogP contribution is -2.14. The van der Waals surface area contributed by atoms with Crippen LogP contribution in [0.2, 0.25) is 0 Å². The number of hydrogen-bond donors (Lipinski definition) is 0. The molecule has 0 spiro atoms. The Balaban J connectivity index is 2.28. The summed E-state index contributed by atoms with van der Waals surface area (Å²) in [5.74, 6) is 2.46. The van der Waals surface area contributed by atoms with Crippen LogP contribution in [0.15, 0.2) is 5.57 Å². The van der Waals surface area contributed by atoms with Crippen LogP contribution in [0.1, 0.15) is 6.42 Å². The quantitative estimate of drug-likeness (QED) is 0.495. The van der Waals surface area contributed by atoms with Crippen LogP contribution in [-0.4, -0.2) is 31.5 Å². The highest BCUT2D eigenvalue weighted by Crippen LogP contribution is 2.34. The third-order valence-corrected chi connectivity index (χ3v) is 1.52. The van der Waals surface area contributed by atoms with E-state index in [9.17, 15) is 4.79 Å². The van der Waals surface area contributed by atoms with E-state index in [1.807, 2.05) is 20.0 Å². The largest absolute Gasteiger partial charge is 0.309 e. The van der Waals surface area contributed by atoms with Gasteiger partial charge in [0.2, 0.25) is 0 Å². The molecule has 2 nitrogen and oxygen atoms in total. The van der Waals surface area contributed by atoms with Gasteiger partial charge in [-0.2, -0.15) is 0 Å². The highest BCUT2D eigenvalue weighted by Gasteiger charge is 2.30. The Morgan fingerprint density at radius 1 is 1.78 bits per heavy atom. The van der Waals surface area contributed by atoms with E-state index in [1.54, 1.807) is 0 Å². The Hall–Kier alpha value is -0.590. The fourth-order valence-corrected chi connectivity index (χ4v) is 0.947. The molecule has 2 heteroatoms. The molecule has 0 bridgehead atoms. The van der Waals surface area contributed by atoms with Crippen LogP contribution in [0, 0.1) is 5.92 Å². The van der Waals surface area contributed by atoms with E-state index in [0.29, 0.717) is 5.92 Å². The van der Waals surface area contributed by atoms with Crippen molar-refractivity contribution in [3.05, 3.63) is 5.57 Å². The highest BCUT2D eigenvalue weighted by atomic mass is 16.1. The van der Waals surface area contributed by atoms with Crippen molar-refractivity contribution in [2.75, 3.05) is 20.6 Å². The summed E-state index contributed by atoms with van der Waals surface area (Å²) in [6.45, 7) is 1.00. The first-order chi connectivity index (χ1) is 4.24. The zero-order valence-corrected chi connectivity index (χ0v) is 5.85. The molecule has 1 unspecified atom stereocenters. The average molecular weight is 125 g/mol. The van der Waals surface area contributed by atoms with Crippen molar-refractivity contribution in [3.63, 3.8) is 0 Å². The van der Waals surface area contributed by atoms with Gasteiger partial charge in [0.1, 0.15) is 5.94 Å². The third kappa shape index (κ3) is 1.67. The lowest BCUT2D eigenvalue weighted by atomic mass is 10.4. The Morgan fingerprint density at radius 2 is 2.44 bits per heavy atom. The van der Waals surface area contributed by atoms with E-state index in [1.165, 1.54) is 0 Å². The molecule has 1 aliphatic rings. The van der Waals surface area contributed by atoms with Crippen molar-refractivity contribution in [2.24, 2.45) is 5.92 Å². The van der Waals surface area contributed by atoms with Gasteiger partial charge in [-0.1, -0.05) is 0 Å². The molecule has 0 N–H and O–H groups in total. The molecule has 1 atom stereocenters. The van der Waals surface area contributed by atoms with Crippen LogP contribution in [0.3, 0.4) is 0 Å². The lowest BCUT2D eigenvalue weighted by Gasteiger charge is -2.05. The van der Waals surface area contributed by atoms with Gasteiger partial charge in [0.05, 0.1) is 0 Å². The zero-order chi connectivity index (χ0) is 6.85. The molecular formula is C7H11NO. The van der Waals surface area contributed by atoms with Crippen molar-refractivity contribution in [2.45, 2.75) is 6.42 Å². The third-order valence-electron chi connectivity index (χ3n) is 1.52. The van der Waals surface area contributed by atoms with Crippen LogP contribution in [-0.2, 0) is 4.79 Å². The second kappa shape index (κ2) is 2.34. The minimum absolute atomic E-state index is 0.525. The number of hydrogen-bond acceptors (Lipinski definition) is 2. The molecule has 1 rings (SSSR count). The first-order valence-corrected chi connectivity index (χ1v) is 3.12. The van der Waals surface area contributed by atoms with Crippen LogP contribution >= 0.6 is 0 Å². The maximum absolute atomic E-state index is 9.98. The van der Waals surface area contributed by atoms with Crippen molar-refractivity contribution in [3.8, 4) is 0 Å². The molecule has 0 aromatic carbocycles. The van der Waals surface area contributed by atoms with E-state index in [0.717, 1.165) is 18.5 Å². The van der Waals surface area contributed by atoms with Crippen LogP contribution in [0.25, 0.3) is 0 Å². The van der Waals surface area contributed by atoms with Crippen LogP contribution in [0.5, 0.6) is 0 Å².